The van der Waals surface area contributed by atoms with E-state index < -0.39 is 64.3 Å². The number of hydrogen-bond acceptors (Lipinski definition) is 10. The zero-order valence-corrected chi connectivity index (χ0v) is 37.6. The lowest BCUT2D eigenvalue weighted by molar-refractivity contribution is 0.00164. The van der Waals surface area contributed by atoms with Crippen LogP contribution in [-0.2, 0) is 15.9 Å². The number of anilines is 2. The van der Waals surface area contributed by atoms with Gasteiger partial charge >= 0.3 is 18.2 Å². The van der Waals surface area contributed by atoms with Crippen molar-refractivity contribution < 1.29 is 50.1 Å². The van der Waals surface area contributed by atoms with E-state index in [1.807, 2.05) is 4.90 Å². The smallest absolute Gasteiger partial charge is 0.412 e. The molecule has 4 aliphatic heterocycles. The lowest BCUT2D eigenvalue weighted by Crippen LogP contribution is -2.63. The summed E-state index contributed by atoms with van der Waals surface area (Å²) < 4.78 is 108. The Morgan fingerprint density at radius 1 is 1.05 bits per heavy atom. The van der Waals surface area contributed by atoms with Gasteiger partial charge in [0, 0.05) is 54.0 Å². The summed E-state index contributed by atoms with van der Waals surface area (Å²) in [6.45, 7) is 10.8. The lowest BCUT2D eigenvalue weighted by atomic mass is 9.91. The predicted octanol–water partition coefficient (Wildman–Crippen LogP) is 10.9. The van der Waals surface area contributed by atoms with Gasteiger partial charge in [-0.2, -0.15) is 27.5 Å². The fraction of sp³-hybridized carbons (Fsp3) is 0.489. The van der Waals surface area contributed by atoms with Gasteiger partial charge in [-0.25, -0.2) is 18.4 Å². The van der Waals surface area contributed by atoms with Crippen LogP contribution < -0.4 is 15.0 Å². The highest BCUT2D eigenvalue weighted by Gasteiger charge is 2.55. The number of carbonyl (C=O) groups excluding carboxylic acids is 2. The standard InChI is InChI=1S/C47H48F6N6O5S/c1-44(2,3)63-42(60)56-40-29-11-8-7-10-25-18-30-36(35(51)33(25)28-12-13-31(48)37(65-40)34(28)29)54-41(62-24-47-15-9-17-58(47)21-26(19-47)38(52)53)55-39(30)57-22-27-14-16-46(23-57,20-32(49)50)59(27)43(61)64-45(4,5)6/h12-13,18,20,27H,7,9-10,14-17,19,21-24H2,1-6H3,(H,56,60)/t27?,46?,47-/m1/s1. The first kappa shape index (κ1) is 44.7. The maximum absolute atomic E-state index is 18.0. The third-order valence-electron chi connectivity index (χ3n) is 12.7. The Balaban J connectivity index is 1.21. The van der Waals surface area contributed by atoms with Crippen molar-refractivity contribution in [2.24, 2.45) is 0 Å². The topological polar surface area (TPSA) is 109 Å². The predicted molar refractivity (Wildman–Crippen MR) is 235 cm³/mol. The summed E-state index contributed by atoms with van der Waals surface area (Å²) in [7, 11) is 0. The van der Waals surface area contributed by atoms with Gasteiger partial charge in [0.2, 0.25) is 0 Å². The second-order valence-electron chi connectivity index (χ2n) is 19.5. The zero-order valence-electron chi connectivity index (χ0n) is 36.8. The number of piperazine rings is 1. The molecule has 2 unspecified atom stereocenters. The normalized spacial score (nSPS) is 22.7. The largest absolute Gasteiger partial charge is 0.461 e. The number of thiophene rings is 1. The Morgan fingerprint density at radius 3 is 2.54 bits per heavy atom. The van der Waals surface area contributed by atoms with E-state index >= 15 is 8.78 Å². The number of benzene rings is 2. The van der Waals surface area contributed by atoms with E-state index in [0.29, 0.717) is 30.5 Å². The van der Waals surface area contributed by atoms with Gasteiger partial charge in [0.05, 0.1) is 27.4 Å². The molecule has 0 spiro atoms. The number of nitrogens with zero attached hydrogens (tertiary/aromatic N) is 5. The fourth-order valence-electron chi connectivity index (χ4n) is 10.2. The van der Waals surface area contributed by atoms with Crippen LogP contribution in [0.2, 0.25) is 0 Å². The third kappa shape index (κ3) is 8.23. The Kier molecular flexibility index (Phi) is 11.1. The highest BCUT2D eigenvalue weighted by atomic mass is 32.1. The molecule has 2 aromatic carbocycles. The molecule has 4 aromatic rings. The summed E-state index contributed by atoms with van der Waals surface area (Å²) in [5.74, 6) is 4.97. The molecule has 4 saturated heterocycles. The molecule has 344 valence electrons. The van der Waals surface area contributed by atoms with Gasteiger partial charge in [-0.3, -0.25) is 15.1 Å². The Hall–Kier alpha value is -5.54. The number of fused-ring (bicyclic) bond motifs is 6. The van der Waals surface area contributed by atoms with Gasteiger partial charge < -0.3 is 19.1 Å². The van der Waals surface area contributed by atoms with E-state index in [-0.39, 0.29) is 106 Å². The SMILES string of the molecule is CC(C)(C)OC(=O)Nc1sc2c(F)ccc3c2c1C#CCCc1cc2c(N4CC5CCC(C=C(F)F)(C4)N5C(=O)OC(C)(C)C)nc(OC[C@]45CCCN4CC(=C(F)F)C5)nc2c(F)c1-3. The van der Waals surface area contributed by atoms with E-state index in [4.69, 9.17) is 19.2 Å². The molecule has 2 amide bonds. The number of aryl methyl sites for hydroxylation is 1. The third-order valence-corrected chi connectivity index (χ3v) is 13.8. The number of ether oxygens (including phenoxy) is 3. The first-order valence-electron chi connectivity index (χ1n) is 21.6. The van der Waals surface area contributed by atoms with E-state index in [9.17, 15) is 27.2 Å². The van der Waals surface area contributed by atoms with E-state index in [1.165, 1.54) is 17.0 Å². The van der Waals surface area contributed by atoms with Crippen LogP contribution in [-0.4, -0.2) is 93.1 Å². The van der Waals surface area contributed by atoms with E-state index in [1.54, 1.807) is 52.5 Å². The first-order chi connectivity index (χ1) is 30.6. The van der Waals surface area contributed by atoms with Crippen molar-refractivity contribution in [3.63, 3.8) is 0 Å². The molecule has 65 heavy (non-hydrogen) atoms. The Labute approximate surface area is 375 Å². The summed E-state index contributed by atoms with van der Waals surface area (Å²) in [5, 5.41) is 3.45. The zero-order chi connectivity index (χ0) is 46.4. The van der Waals surface area contributed by atoms with Crippen LogP contribution in [0.4, 0.5) is 46.8 Å². The highest BCUT2D eigenvalue weighted by molar-refractivity contribution is 7.23. The van der Waals surface area contributed by atoms with Gasteiger partial charge in [0.25, 0.3) is 12.2 Å². The minimum Gasteiger partial charge on any atom is -0.461 e. The van der Waals surface area contributed by atoms with Crippen LogP contribution in [0.25, 0.3) is 32.1 Å². The molecule has 18 heteroatoms. The number of hydrogen-bond donors (Lipinski definition) is 1. The Bertz CT molecular complexity index is 2780. The number of nitrogens with one attached hydrogen (secondary N) is 1. The van der Waals surface area contributed by atoms with Crippen LogP contribution in [0.1, 0.15) is 91.2 Å². The van der Waals surface area contributed by atoms with Crippen LogP contribution in [0, 0.1) is 23.5 Å². The monoisotopic (exact) mass is 922 g/mol. The molecule has 11 nitrogen and oxygen atoms in total. The molecule has 1 N–H and O–H groups in total. The molecule has 0 radical (unpaired) electrons. The van der Waals surface area contributed by atoms with Gasteiger partial charge in [-0.1, -0.05) is 17.9 Å². The van der Waals surface area contributed by atoms with Crippen molar-refractivity contribution in [2.75, 3.05) is 43.0 Å². The summed E-state index contributed by atoms with van der Waals surface area (Å²) >= 11 is 0.946. The number of aromatic nitrogens is 2. The summed E-state index contributed by atoms with van der Waals surface area (Å²) in [6, 6.07) is 3.56. The lowest BCUT2D eigenvalue weighted by Gasteiger charge is -2.48. The summed E-state index contributed by atoms with van der Waals surface area (Å²) in [4.78, 5) is 41.3. The van der Waals surface area contributed by atoms with Crippen LogP contribution in [0.5, 0.6) is 6.01 Å². The minimum atomic E-state index is -1.99. The quantitative estimate of drug-likeness (QED) is 0.149. The van der Waals surface area contributed by atoms with Gasteiger partial charge in [0.1, 0.15) is 40.0 Å². The molecule has 0 saturated carbocycles. The fourth-order valence-corrected chi connectivity index (χ4v) is 11.3. The molecule has 1 aliphatic carbocycles. The molecule has 6 heterocycles. The number of amides is 2. The maximum atomic E-state index is 18.0. The van der Waals surface area contributed by atoms with Crippen LogP contribution in [0.15, 0.2) is 42.0 Å². The molecule has 3 atom stereocenters. The van der Waals surface area contributed by atoms with Gasteiger partial charge in [-0.15, -0.1) is 11.3 Å². The first-order valence-corrected chi connectivity index (χ1v) is 22.5. The second kappa shape index (κ2) is 16.1. The van der Waals surface area contributed by atoms with Gasteiger partial charge in [0.15, 0.2) is 5.82 Å². The number of carbonyl (C=O) groups is 2. The van der Waals surface area contributed by atoms with Gasteiger partial charge in [-0.05, 0) is 110 Å². The van der Waals surface area contributed by atoms with Crippen molar-refractivity contribution in [3.8, 4) is 29.0 Å². The summed E-state index contributed by atoms with van der Waals surface area (Å²) in [5.41, 5.74) is -3.02. The van der Waals surface area contributed by atoms with Crippen molar-refractivity contribution in [1.82, 2.24) is 19.8 Å². The van der Waals surface area contributed by atoms with E-state index in [2.05, 4.69) is 22.1 Å². The number of rotatable bonds is 6. The van der Waals surface area contributed by atoms with Crippen LogP contribution in [0.3, 0.4) is 0 Å². The average Bonchev–Trinajstić information content (AvgIpc) is 3.93. The molecular weight excluding hydrogens is 875 g/mol. The molecule has 2 aromatic heterocycles. The van der Waals surface area contributed by atoms with Crippen LogP contribution >= 0.6 is 11.3 Å². The highest BCUT2D eigenvalue weighted by Crippen LogP contribution is 2.49. The van der Waals surface area contributed by atoms with Crippen molar-refractivity contribution in [1.29, 1.82) is 0 Å². The molecule has 2 bridgehead atoms. The average molecular weight is 923 g/mol. The molecule has 4 fully saturated rings. The summed E-state index contributed by atoms with van der Waals surface area (Å²) in [6.07, 6.45) is -2.05. The Morgan fingerprint density at radius 2 is 1.82 bits per heavy atom. The minimum absolute atomic E-state index is 0.0256. The molecular formula is C47H48F6N6O5S. The maximum Gasteiger partial charge on any atom is 0.412 e. The molecule has 5 aliphatic rings. The molecule has 9 rings (SSSR count). The van der Waals surface area contributed by atoms with E-state index in [0.717, 1.165) is 23.8 Å². The second-order valence-corrected chi connectivity index (χ2v) is 20.5. The van der Waals surface area contributed by atoms with Crippen molar-refractivity contribution >= 4 is 55.3 Å². The number of halogens is 6. The van der Waals surface area contributed by atoms with Crippen molar-refractivity contribution in [2.45, 2.75) is 115 Å². The van der Waals surface area contributed by atoms with Crippen molar-refractivity contribution in [3.05, 3.63) is 64.8 Å².